The Morgan fingerprint density at radius 1 is 1.23 bits per heavy atom. The molecule has 22 heavy (non-hydrogen) atoms. The minimum Gasteiger partial charge on any atom is -0.379 e. The smallest absolute Gasteiger partial charge is 0.348 e. The van der Waals surface area contributed by atoms with Crippen molar-refractivity contribution < 1.29 is 0 Å². The van der Waals surface area contributed by atoms with Crippen molar-refractivity contribution in [3.8, 4) is 5.69 Å². The van der Waals surface area contributed by atoms with Crippen LogP contribution < -0.4 is 11.0 Å². The minimum absolute atomic E-state index is 0.241. The first-order chi connectivity index (χ1) is 10.7. The second kappa shape index (κ2) is 5.84. The molecule has 0 unspecified atom stereocenters. The summed E-state index contributed by atoms with van der Waals surface area (Å²) >= 11 is 0. The number of anilines is 1. The Hall–Kier alpha value is -2.90. The van der Waals surface area contributed by atoms with Crippen LogP contribution in [0.25, 0.3) is 5.69 Å². The molecule has 8 heteroatoms. The van der Waals surface area contributed by atoms with Gasteiger partial charge in [0.1, 0.15) is 11.5 Å². The number of nitrogens with zero attached hydrogens (tertiary/aromatic N) is 5. The summed E-state index contributed by atoms with van der Waals surface area (Å²) in [5.74, 6) is 0.589. The SMILES string of the molecule is CCn1ncc(CNc2ccc(-n3nc(C)[nH]c3=O)cc2)n1. The molecule has 0 aliphatic heterocycles. The van der Waals surface area contributed by atoms with Gasteiger partial charge in [-0.1, -0.05) is 0 Å². The lowest BCUT2D eigenvalue weighted by molar-refractivity contribution is 0.564. The fourth-order valence-corrected chi connectivity index (χ4v) is 2.08. The van der Waals surface area contributed by atoms with E-state index in [9.17, 15) is 4.79 Å². The number of rotatable bonds is 5. The van der Waals surface area contributed by atoms with Crippen molar-refractivity contribution in [1.29, 1.82) is 0 Å². The molecule has 0 fully saturated rings. The fourth-order valence-electron chi connectivity index (χ4n) is 2.08. The van der Waals surface area contributed by atoms with Gasteiger partial charge in [0.15, 0.2) is 0 Å². The molecule has 0 aliphatic rings. The third kappa shape index (κ3) is 2.90. The predicted molar refractivity (Wildman–Crippen MR) is 81.9 cm³/mol. The lowest BCUT2D eigenvalue weighted by Gasteiger charge is -2.05. The molecule has 0 radical (unpaired) electrons. The van der Waals surface area contributed by atoms with Gasteiger partial charge in [-0.2, -0.15) is 24.8 Å². The van der Waals surface area contributed by atoms with Crippen LogP contribution in [0.1, 0.15) is 18.4 Å². The molecule has 0 saturated carbocycles. The molecule has 2 aromatic heterocycles. The molecule has 0 saturated heterocycles. The molecule has 8 nitrogen and oxygen atoms in total. The van der Waals surface area contributed by atoms with Crippen molar-refractivity contribution >= 4 is 5.69 Å². The zero-order valence-electron chi connectivity index (χ0n) is 12.4. The van der Waals surface area contributed by atoms with E-state index in [1.807, 2.05) is 31.2 Å². The van der Waals surface area contributed by atoms with E-state index >= 15 is 0 Å². The van der Waals surface area contributed by atoms with E-state index < -0.39 is 0 Å². The Labute approximate surface area is 126 Å². The first kappa shape index (κ1) is 14.1. The van der Waals surface area contributed by atoms with Crippen LogP contribution in [0.4, 0.5) is 5.69 Å². The summed E-state index contributed by atoms with van der Waals surface area (Å²) in [5.41, 5.74) is 2.30. The predicted octanol–water partition coefficient (Wildman–Crippen LogP) is 1.09. The van der Waals surface area contributed by atoms with Crippen molar-refractivity contribution in [1.82, 2.24) is 29.8 Å². The van der Waals surface area contributed by atoms with E-state index in [-0.39, 0.29) is 5.69 Å². The van der Waals surface area contributed by atoms with Crippen LogP contribution in [0, 0.1) is 6.92 Å². The van der Waals surface area contributed by atoms with E-state index in [1.165, 1.54) is 4.68 Å². The van der Waals surface area contributed by atoms with Gasteiger partial charge < -0.3 is 5.32 Å². The van der Waals surface area contributed by atoms with Crippen LogP contribution in [0.5, 0.6) is 0 Å². The van der Waals surface area contributed by atoms with E-state index in [4.69, 9.17) is 0 Å². The highest BCUT2D eigenvalue weighted by atomic mass is 16.1. The van der Waals surface area contributed by atoms with Gasteiger partial charge in [0.25, 0.3) is 0 Å². The number of aromatic nitrogens is 6. The number of aromatic amines is 1. The van der Waals surface area contributed by atoms with Crippen molar-refractivity contribution in [2.45, 2.75) is 26.9 Å². The molecule has 0 spiro atoms. The first-order valence-corrected chi connectivity index (χ1v) is 7.05. The lowest BCUT2D eigenvalue weighted by atomic mass is 10.3. The number of benzene rings is 1. The molecular weight excluding hydrogens is 282 g/mol. The lowest BCUT2D eigenvalue weighted by Crippen LogP contribution is -2.15. The van der Waals surface area contributed by atoms with E-state index in [2.05, 4.69) is 25.6 Å². The van der Waals surface area contributed by atoms with Gasteiger partial charge in [-0.05, 0) is 38.1 Å². The monoisotopic (exact) mass is 299 g/mol. The third-order valence-corrected chi connectivity index (χ3v) is 3.18. The number of nitrogens with one attached hydrogen (secondary N) is 2. The zero-order valence-corrected chi connectivity index (χ0v) is 12.4. The average molecular weight is 299 g/mol. The molecule has 0 amide bonds. The summed E-state index contributed by atoms with van der Waals surface area (Å²) < 4.78 is 1.34. The van der Waals surface area contributed by atoms with Gasteiger partial charge in [-0.3, -0.25) is 4.98 Å². The maximum atomic E-state index is 11.7. The Kier molecular flexibility index (Phi) is 3.73. The largest absolute Gasteiger partial charge is 0.379 e. The molecule has 0 atom stereocenters. The number of H-pyrrole nitrogens is 1. The fraction of sp³-hybridized carbons (Fsp3) is 0.286. The van der Waals surface area contributed by atoms with Gasteiger partial charge >= 0.3 is 5.69 Å². The van der Waals surface area contributed by atoms with Crippen molar-refractivity contribution in [3.63, 3.8) is 0 Å². The standard InChI is InChI=1S/C14H17N7O/c1-3-20-16-9-12(19-20)8-15-11-4-6-13(7-5-11)21-14(22)17-10(2)18-21/h4-7,9,15H,3,8H2,1-2H3,(H,17,18,22). The summed E-state index contributed by atoms with van der Waals surface area (Å²) in [7, 11) is 0. The zero-order chi connectivity index (χ0) is 15.5. The van der Waals surface area contributed by atoms with Crippen LogP contribution >= 0.6 is 0 Å². The highest BCUT2D eigenvalue weighted by molar-refractivity contribution is 5.48. The third-order valence-electron chi connectivity index (χ3n) is 3.18. The Morgan fingerprint density at radius 3 is 2.59 bits per heavy atom. The second-order valence-corrected chi connectivity index (χ2v) is 4.85. The molecule has 2 heterocycles. The van der Waals surface area contributed by atoms with Crippen LogP contribution in [-0.4, -0.2) is 29.8 Å². The molecule has 1 aromatic carbocycles. The Bertz CT molecular complexity index is 812. The molecule has 3 rings (SSSR count). The quantitative estimate of drug-likeness (QED) is 0.735. The Balaban J connectivity index is 1.69. The van der Waals surface area contributed by atoms with Gasteiger partial charge in [-0.25, -0.2) is 4.79 Å². The van der Waals surface area contributed by atoms with Crippen molar-refractivity contribution in [2.24, 2.45) is 0 Å². The van der Waals surface area contributed by atoms with Crippen LogP contribution in [0.2, 0.25) is 0 Å². The maximum absolute atomic E-state index is 11.7. The molecule has 0 aliphatic carbocycles. The molecule has 2 N–H and O–H groups in total. The number of hydrogen-bond donors (Lipinski definition) is 2. The summed E-state index contributed by atoms with van der Waals surface area (Å²) in [6.07, 6.45) is 1.75. The van der Waals surface area contributed by atoms with E-state index in [1.54, 1.807) is 17.9 Å². The Morgan fingerprint density at radius 2 is 2.00 bits per heavy atom. The number of hydrogen-bond acceptors (Lipinski definition) is 5. The summed E-state index contributed by atoms with van der Waals surface area (Å²) in [5, 5.41) is 15.8. The summed E-state index contributed by atoms with van der Waals surface area (Å²) in [6, 6.07) is 7.48. The van der Waals surface area contributed by atoms with Crippen LogP contribution in [0.15, 0.2) is 35.3 Å². The van der Waals surface area contributed by atoms with Gasteiger partial charge in [-0.15, -0.1) is 0 Å². The normalized spacial score (nSPS) is 10.8. The molecular formula is C14H17N7O. The van der Waals surface area contributed by atoms with E-state index in [0.717, 1.165) is 23.6 Å². The van der Waals surface area contributed by atoms with Crippen LogP contribution in [-0.2, 0) is 13.1 Å². The summed E-state index contributed by atoms with van der Waals surface area (Å²) in [6.45, 7) is 5.10. The van der Waals surface area contributed by atoms with Gasteiger partial charge in [0.05, 0.1) is 25.0 Å². The van der Waals surface area contributed by atoms with Crippen molar-refractivity contribution in [2.75, 3.05) is 5.32 Å². The maximum Gasteiger partial charge on any atom is 0.348 e. The number of aryl methyl sites for hydroxylation is 2. The second-order valence-electron chi connectivity index (χ2n) is 4.85. The average Bonchev–Trinajstić information content (AvgIpc) is 3.12. The molecule has 0 bridgehead atoms. The highest BCUT2D eigenvalue weighted by Gasteiger charge is 2.04. The van der Waals surface area contributed by atoms with Crippen molar-refractivity contribution in [3.05, 3.63) is 52.5 Å². The minimum atomic E-state index is -0.241. The first-order valence-electron chi connectivity index (χ1n) is 7.05. The van der Waals surface area contributed by atoms with Gasteiger partial charge in [0.2, 0.25) is 0 Å². The topological polar surface area (TPSA) is 93.4 Å². The summed E-state index contributed by atoms with van der Waals surface area (Å²) in [4.78, 5) is 16.0. The van der Waals surface area contributed by atoms with Gasteiger partial charge in [0, 0.05) is 5.69 Å². The molecule has 114 valence electrons. The highest BCUT2D eigenvalue weighted by Crippen LogP contribution is 2.12. The van der Waals surface area contributed by atoms with E-state index in [0.29, 0.717) is 12.4 Å². The van der Waals surface area contributed by atoms with Crippen LogP contribution in [0.3, 0.4) is 0 Å². The molecule has 3 aromatic rings.